The molecule has 2 aromatic heterocycles. The van der Waals surface area contributed by atoms with E-state index in [0.717, 1.165) is 10.6 Å². The highest BCUT2D eigenvalue weighted by molar-refractivity contribution is 7.13. The predicted molar refractivity (Wildman–Crippen MR) is 83.7 cm³/mol. The number of hydrogen-bond acceptors (Lipinski definition) is 4. The van der Waals surface area contributed by atoms with Crippen molar-refractivity contribution in [2.45, 2.75) is 0 Å². The fraction of sp³-hybridized carbons (Fsp3) is 0.0714. The molecule has 7 heteroatoms. The number of benzene rings is 1. The second-order valence-electron chi connectivity index (χ2n) is 4.40. The van der Waals surface area contributed by atoms with Crippen molar-refractivity contribution in [3.05, 3.63) is 52.8 Å². The molecule has 0 aliphatic heterocycles. The Morgan fingerprint density at radius 1 is 1.33 bits per heavy atom. The number of nitrogens with one attached hydrogen (secondary N) is 1. The van der Waals surface area contributed by atoms with Crippen LogP contribution >= 0.6 is 22.9 Å². The van der Waals surface area contributed by atoms with Crippen LogP contribution in [0, 0.1) is 0 Å². The van der Waals surface area contributed by atoms with Crippen molar-refractivity contribution in [1.29, 1.82) is 0 Å². The predicted octanol–water partition coefficient (Wildman–Crippen LogP) is 3.45. The number of rotatable bonds is 3. The number of halogens is 1. The molecule has 0 atom stereocenters. The lowest BCUT2D eigenvalue weighted by atomic mass is 10.2. The van der Waals surface area contributed by atoms with Crippen LogP contribution in [-0.2, 0) is 7.05 Å². The summed E-state index contributed by atoms with van der Waals surface area (Å²) in [6.07, 6.45) is 3.31. The van der Waals surface area contributed by atoms with Gasteiger partial charge in [-0.2, -0.15) is 5.10 Å². The third kappa shape index (κ3) is 3.12. The Balaban J connectivity index is 1.78. The molecule has 1 aromatic carbocycles. The molecular weight excluding hydrogens is 308 g/mol. The fourth-order valence-corrected chi connectivity index (χ4v) is 2.72. The average molecular weight is 319 g/mol. The van der Waals surface area contributed by atoms with Crippen LogP contribution in [0.1, 0.15) is 10.5 Å². The van der Waals surface area contributed by atoms with Crippen LogP contribution in [0.25, 0.3) is 10.6 Å². The van der Waals surface area contributed by atoms with Crippen molar-refractivity contribution < 1.29 is 4.79 Å². The Morgan fingerprint density at radius 3 is 2.76 bits per heavy atom. The molecule has 0 bridgehead atoms. The summed E-state index contributed by atoms with van der Waals surface area (Å²) in [7, 11) is 1.79. The van der Waals surface area contributed by atoms with Gasteiger partial charge in [0.25, 0.3) is 5.91 Å². The van der Waals surface area contributed by atoms with Crippen LogP contribution in [0.5, 0.6) is 0 Å². The number of amides is 1. The number of anilines is 1. The van der Waals surface area contributed by atoms with E-state index in [1.54, 1.807) is 41.6 Å². The summed E-state index contributed by atoms with van der Waals surface area (Å²) >= 11 is 7.27. The topological polar surface area (TPSA) is 59.8 Å². The minimum absolute atomic E-state index is 0.250. The minimum Gasteiger partial charge on any atom is -0.318 e. The van der Waals surface area contributed by atoms with Crippen molar-refractivity contribution in [1.82, 2.24) is 14.8 Å². The molecule has 3 aromatic rings. The summed E-state index contributed by atoms with van der Waals surface area (Å²) in [5.74, 6) is -0.250. The van der Waals surface area contributed by atoms with Crippen molar-refractivity contribution in [2.24, 2.45) is 7.05 Å². The lowest BCUT2D eigenvalue weighted by Gasteiger charge is -1.98. The van der Waals surface area contributed by atoms with Gasteiger partial charge in [-0.15, -0.1) is 11.3 Å². The minimum atomic E-state index is -0.250. The zero-order chi connectivity index (χ0) is 14.8. The van der Waals surface area contributed by atoms with Crippen molar-refractivity contribution in [3.63, 3.8) is 0 Å². The van der Waals surface area contributed by atoms with E-state index in [9.17, 15) is 4.79 Å². The molecule has 0 saturated carbocycles. The van der Waals surface area contributed by atoms with E-state index >= 15 is 0 Å². The highest BCUT2D eigenvalue weighted by Gasteiger charge is 2.12. The van der Waals surface area contributed by atoms with E-state index in [-0.39, 0.29) is 5.91 Å². The zero-order valence-corrected chi connectivity index (χ0v) is 12.6. The van der Waals surface area contributed by atoms with Gasteiger partial charge in [-0.05, 0) is 12.1 Å². The average Bonchev–Trinajstić information content (AvgIpc) is 3.09. The molecule has 21 heavy (non-hydrogen) atoms. The molecule has 0 fully saturated rings. The maximum absolute atomic E-state index is 12.1. The molecule has 1 N–H and O–H groups in total. The van der Waals surface area contributed by atoms with Crippen molar-refractivity contribution >= 4 is 34.5 Å². The van der Waals surface area contributed by atoms with Gasteiger partial charge in [0.2, 0.25) is 0 Å². The van der Waals surface area contributed by atoms with Gasteiger partial charge in [0.15, 0.2) is 0 Å². The Hall–Kier alpha value is -2.18. The van der Waals surface area contributed by atoms with Gasteiger partial charge >= 0.3 is 0 Å². The monoisotopic (exact) mass is 318 g/mol. The van der Waals surface area contributed by atoms with E-state index in [4.69, 9.17) is 11.6 Å². The van der Waals surface area contributed by atoms with E-state index in [1.165, 1.54) is 11.3 Å². The van der Waals surface area contributed by atoms with Gasteiger partial charge in [0.05, 0.1) is 11.9 Å². The van der Waals surface area contributed by atoms with E-state index in [2.05, 4.69) is 15.4 Å². The smallest absolute Gasteiger partial charge is 0.275 e. The van der Waals surface area contributed by atoms with Crippen molar-refractivity contribution in [2.75, 3.05) is 5.32 Å². The molecule has 106 valence electrons. The third-order valence-electron chi connectivity index (χ3n) is 2.79. The molecule has 1 amide bonds. The Labute approximate surface area is 130 Å². The quantitative estimate of drug-likeness (QED) is 0.804. The van der Waals surface area contributed by atoms with Crippen LogP contribution in [0.15, 0.2) is 42.0 Å². The maximum Gasteiger partial charge on any atom is 0.275 e. The number of carbonyl (C=O) groups is 1. The number of nitrogens with zero attached hydrogens (tertiary/aromatic N) is 3. The summed E-state index contributed by atoms with van der Waals surface area (Å²) in [6, 6.07) is 7.36. The largest absolute Gasteiger partial charge is 0.318 e. The summed E-state index contributed by atoms with van der Waals surface area (Å²) in [5.41, 5.74) is 1.96. The summed E-state index contributed by atoms with van der Waals surface area (Å²) in [5, 5.41) is 9.93. The van der Waals surface area contributed by atoms with Gasteiger partial charge in [0, 0.05) is 29.2 Å². The fourth-order valence-electron chi connectivity index (χ4n) is 1.78. The van der Waals surface area contributed by atoms with Crippen LogP contribution in [0.2, 0.25) is 5.02 Å². The van der Waals surface area contributed by atoms with Crippen LogP contribution < -0.4 is 5.32 Å². The van der Waals surface area contributed by atoms with E-state index in [1.807, 2.05) is 12.1 Å². The number of aromatic nitrogens is 3. The molecule has 2 heterocycles. The molecule has 0 radical (unpaired) electrons. The first kappa shape index (κ1) is 13.8. The number of carbonyl (C=O) groups excluding carboxylic acids is 1. The van der Waals surface area contributed by atoms with Gasteiger partial charge < -0.3 is 5.32 Å². The van der Waals surface area contributed by atoms with Gasteiger partial charge in [0.1, 0.15) is 10.7 Å². The molecular formula is C14H11ClN4OS. The van der Waals surface area contributed by atoms with Gasteiger partial charge in [-0.25, -0.2) is 4.98 Å². The Bertz CT molecular complexity index is 778. The first-order valence-corrected chi connectivity index (χ1v) is 7.39. The normalized spacial score (nSPS) is 10.6. The summed E-state index contributed by atoms with van der Waals surface area (Å²) in [4.78, 5) is 16.4. The summed E-state index contributed by atoms with van der Waals surface area (Å²) in [6.45, 7) is 0. The second-order valence-corrected chi connectivity index (χ2v) is 5.70. The molecule has 5 nitrogen and oxygen atoms in total. The zero-order valence-electron chi connectivity index (χ0n) is 11.1. The molecule has 0 aliphatic carbocycles. The van der Waals surface area contributed by atoms with Crippen LogP contribution in [0.4, 0.5) is 5.69 Å². The highest BCUT2D eigenvalue weighted by atomic mass is 35.5. The van der Waals surface area contributed by atoms with Crippen molar-refractivity contribution in [3.8, 4) is 10.6 Å². The number of hydrogen-bond donors (Lipinski definition) is 1. The second kappa shape index (κ2) is 5.67. The number of aryl methyl sites for hydroxylation is 1. The molecule has 0 saturated heterocycles. The Morgan fingerprint density at radius 2 is 2.10 bits per heavy atom. The SMILES string of the molecule is Cn1cc(NC(=O)c2csc(-c3ccc(Cl)cc3)n2)cn1. The lowest BCUT2D eigenvalue weighted by Crippen LogP contribution is -2.11. The van der Waals surface area contributed by atoms with Crippen LogP contribution in [0.3, 0.4) is 0 Å². The standard InChI is InChI=1S/C14H11ClN4OS/c1-19-7-11(6-16-19)17-13(20)12-8-21-14(18-12)9-2-4-10(15)5-3-9/h2-8H,1H3,(H,17,20). The Kier molecular flexibility index (Phi) is 3.72. The maximum atomic E-state index is 12.1. The third-order valence-corrected chi connectivity index (χ3v) is 3.93. The lowest BCUT2D eigenvalue weighted by molar-refractivity contribution is 0.102. The highest BCUT2D eigenvalue weighted by Crippen LogP contribution is 2.25. The molecule has 0 unspecified atom stereocenters. The van der Waals surface area contributed by atoms with Crippen LogP contribution in [-0.4, -0.2) is 20.7 Å². The first-order valence-electron chi connectivity index (χ1n) is 6.13. The van der Waals surface area contributed by atoms with Gasteiger partial charge in [-0.1, -0.05) is 23.7 Å². The van der Waals surface area contributed by atoms with Gasteiger partial charge in [-0.3, -0.25) is 9.48 Å². The first-order chi connectivity index (χ1) is 10.1. The summed E-state index contributed by atoms with van der Waals surface area (Å²) < 4.78 is 1.62. The van der Waals surface area contributed by atoms with E-state index < -0.39 is 0 Å². The molecule has 3 rings (SSSR count). The molecule has 0 spiro atoms. The number of thiazole rings is 1. The molecule has 0 aliphatic rings. The van der Waals surface area contributed by atoms with E-state index in [0.29, 0.717) is 16.4 Å².